The predicted molar refractivity (Wildman–Crippen MR) is 88.4 cm³/mol. The minimum absolute atomic E-state index is 0. The van der Waals surface area contributed by atoms with Crippen molar-refractivity contribution in [1.82, 2.24) is 9.97 Å². The summed E-state index contributed by atoms with van der Waals surface area (Å²) in [5.41, 5.74) is 1.88. The van der Waals surface area contributed by atoms with E-state index < -0.39 is 5.97 Å². The molecule has 0 aliphatic carbocycles. The van der Waals surface area contributed by atoms with Crippen LogP contribution in [0.1, 0.15) is 11.3 Å². The molecule has 1 aromatic carbocycles. The summed E-state index contributed by atoms with van der Waals surface area (Å²) in [6.07, 6.45) is 4.02. The fourth-order valence-electron chi connectivity index (χ4n) is 2.50. The van der Waals surface area contributed by atoms with Crippen molar-refractivity contribution in [1.29, 1.82) is 0 Å². The van der Waals surface area contributed by atoms with Gasteiger partial charge in [-0.1, -0.05) is 18.2 Å². The molecule has 6 nitrogen and oxygen atoms in total. The number of methoxy groups -OCH3 is 1. The lowest BCUT2D eigenvalue weighted by Crippen LogP contribution is -2.50. The highest BCUT2D eigenvalue weighted by atomic mass is 35.5. The molecular weight excluding hydrogens is 318 g/mol. The number of hydrogen-bond acceptors (Lipinski definition) is 5. The molecule has 1 aliphatic heterocycles. The standard InChI is InChI=1S/C16H17N3O3.ClH/c1-22-14-5-3-2-4-11(14)6-13-7-17-8-15(18-13)19-9-12(10-19)16(20)21;/h2-5,7-8,12H,6,9-10H2,1H3,(H,20,21);1H. The molecule has 1 aliphatic rings. The molecule has 3 rings (SSSR count). The van der Waals surface area contributed by atoms with Gasteiger partial charge in [0, 0.05) is 31.3 Å². The van der Waals surface area contributed by atoms with Crippen molar-refractivity contribution >= 4 is 24.2 Å². The number of aliphatic carboxylic acids is 1. The van der Waals surface area contributed by atoms with Crippen LogP contribution in [0.4, 0.5) is 5.82 Å². The normalized spacial score (nSPS) is 13.9. The van der Waals surface area contributed by atoms with Crippen LogP contribution >= 0.6 is 12.4 Å². The Labute approximate surface area is 140 Å². The van der Waals surface area contributed by atoms with Crippen LogP contribution in [-0.4, -0.2) is 41.2 Å². The largest absolute Gasteiger partial charge is 0.496 e. The van der Waals surface area contributed by atoms with E-state index in [1.807, 2.05) is 29.2 Å². The summed E-state index contributed by atoms with van der Waals surface area (Å²) in [5.74, 6) is 0.489. The Bertz CT molecular complexity index is 690. The van der Waals surface area contributed by atoms with Gasteiger partial charge in [-0.25, -0.2) is 4.98 Å². The van der Waals surface area contributed by atoms with Crippen LogP contribution in [-0.2, 0) is 11.2 Å². The van der Waals surface area contributed by atoms with Gasteiger partial charge in [-0.2, -0.15) is 0 Å². The number of halogens is 1. The van der Waals surface area contributed by atoms with Crippen molar-refractivity contribution in [3.8, 4) is 5.75 Å². The monoisotopic (exact) mass is 335 g/mol. The fraction of sp³-hybridized carbons (Fsp3) is 0.312. The third kappa shape index (κ3) is 3.71. The van der Waals surface area contributed by atoms with E-state index in [0.29, 0.717) is 19.5 Å². The summed E-state index contributed by atoms with van der Waals surface area (Å²) in [5, 5.41) is 8.93. The van der Waals surface area contributed by atoms with Crippen LogP contribution in [0.3, 0.4) is 0 Å². The molecule has 2 aromatic rings. The van der Waals surface area contributed by atoms with Crippen molar-refractivity contribution in [3.63, 3.8) is 0 Å². The third-order valence-electron chi connectivity index (χ3n) is 3.79. The average molecular weight is 336 g/mol. The first-order valence-electron chi connectivity index (χ1n) is 7.08. The molecule has 23 heavy (non-hydrogen) atoms. The minimum Gasteiger partial charge on any atom is -0.496 e. The first kappa shape index (κ1) is 17.0. The second-order valence-electron chi connectivity index (χ2n) is 5.30. The van der Waals surface area contributed by atoms with Gasteiger partial charge in [-0.05, 0) is 6.07 Å². The highest BCUT2D eigenvalue weighted by molar-refractivity contribution is 5.85. The van der Waals surface area contributed by atoms with Crippen LogP contribution in [0.15, 0.2) is 36.7 Å². The number of aromatic nitrogens is 2. The van der Waals surface area contributed by atoms with Gasteiger partial charge in [0.1, 0.15) is 11.6 Å². The second kappa shape index (κ2) is 7.28. The highest BCUT2D eigenvalue weighted by Gasteiger charge is 2.33. The Kier molecular flexibility index (Phi) is 5.39. The van der Waals surface area contributed by atoms with Crippen LogP contribution < -0.4 is 9.64 Å². The van der Waals surface area contributed by atoms with Gasteiger partial charge in [-0.15, -0.1) is 12.4 Å². The second-order valence-corrected chi connectivity index (χ2v) is 5.30. The van der Waals surface area contributed by atoms with Crippen molar-refractivity contribution < 1.29 is 14.6 Å². The number of ether oxygens (including phenoxy) is 1. The van der Waals surface area contributed by atoms with Gasteiger partial charge in [0.25, 0.3) is 0 Å². The topological polar surface area (TPSA) is 75.5 Å². The van der Waals surface area contributed by atoms with E-state index in [1.54, 1.807) is 19.5 Å². The number of carboxylic acid groups (broad SMARTS) is 1. The van der Waals surface area contributed by atoms with Crippen molar-refractivity contribution in [2.24, 2.45) is 5.92 Å². The molecular formula is C16H18ClN3O3. The lowest BCUT2D eigenvalue weighted by molar-refractivity contribution is -0.142. The number of rotatable bonds is 5. The Morgan fingerprint density at radius 3 is 2.78 bits per heavy atom. The van der Waals surface area contributed by atoms with Gasteiger partial charge in [0.05, 0.1) is 24.9 Å². The molecule has 1 N–H and O–H groups in total. The highest BCUT2D eigenvalue weighted by Crippen LogP contribution is 2.24. The number of anilines is 1. The van der Waals surface area contributed by atoms with Crippen molar-refractivity contribution in [2.75, 3.05) is 25.1 Å². The molecule has 0 radical (unpaired) electrons. The van der Waals surface area contributed by atoms with E-state index in [1.165, 1.54) is 0 Å². The first-order chi connectivity index (χ1) is 10.7. The minimum atomic E-state index is -0.755. The molecule has 1 saturated heterocycles. The summed E-state index contributed by atoms with van der Waals surface area (Å²) in [6.45, 7) is 0.976. The van der Waals surface area contributed by atoms with Crippen molar-refractivity contribution in [2.45, 2.75) is 6.42 Å². The molecule has 0 saturated carbocycles. The van der Waals surface area contributed by atoms with E-state index in [9.17, 15) is 4.79 Å². The summed E-state index contributed by atoms with van der Waals surface area (Å²) >= 11 is 0. The molecule has 0 spiro atoms. The van der Waals surface area contributed by atoms with Gasteiger partial charge in [0.2, 0.25) is 0 Å². The third-order valence-corrected chi connectivity index (χ3v) is 3.79. The molecule has 0 amide bonds. The molecule has 2 heterocycles. The number of carbonyl (C=O) groups is 1. The van der Waals surface area contributed by atoms with Crippen molar-refractivity contribution in [3.05, 3.63) is 47.9 Å². The smallest absolute Gasteiger partial charge is 0.310 e. The zero-order chi connectivity index (χ0) is 15.5. The van der Waals surface area contributed by atoms with Gasteiger partial charge < -0.3 is 14.7 Å². The maximum atomic E-state index is 10.9. The van der Waals surface area contributed by atoms with E-state index in [2.05, 4.69) is 9.97 Å². The van der Waals surface area contributed by atoms with E-state index in [0.717, 1.165) is 22.8 Å². The van der Waals surface area contributed by atoms with E-state index in [-0.39, 0.29) is 18.3 Å². The van der Waals surface area contributed by atoms with Gasteiger partial charge >= 0.3 is 5.97 Å². The van der Waals surface area contributed by atoms with E-state index in [4.69, 9.17) is 9.84 Å². The Morgan fingerprint density at radius 2 is 2.09 bits per heavy atom. The quantitative estimate of drug-likeness (QED) is 0.901. The molecule has 1 aromatic heterocycles. The summed E-state index contributed by atoms with van der Waals surface area (Å²) < 4.78 is 5.34. The summed E-state index contributed by atoms with van der Waals surface area (Å²) in [4.78, 5) is 21.6. The number of para-hydroxylation sites is 1. The zero-order valence-corrected chi connectivity index (χ0v) is 13.5. The van der Waals surface area contributed by atoms with Crippen LogP contribution in [0, 0.1) is 5.92 Å². The molecule has 7 heteroatoms. The summed E-state index contributed by atoms with van der Waals surface area (Å²) in [6, 6.07) is 7.80. The first-order valence-corrected chi connectivity index (χ1v) is 7.08. The fourth-order valence-corrected chi connectivity index (χ4v) is 2.50. The van der Waals surface area contributed by atoms with Crippen LogP contribution in [0.2, 0.25) is 0 Å². The lowest BCUT2D eigenvalue weighted by Gasteiger charge is -2.37. The molecule has 0 bridgehead atoms. The molecule has 1 fully saturated rings. The van der Waals surface area contributed by atoms with Crippen LogP contribution in [0.5, 0.6) is 5.75 Å². The van der Waals surface area contributed by atoms with Gasteiger partial charge in [-0.3, -0.25) is 9.78 Å². The summed E-state index contributed by atoms with van der Waals surface area (Å²) in [7, 11) is 1.65. The predicted octanol–water partition coefficient (Wildman–Crippen LogP) is 2.02. The number of nitrogens with zero attached hydrogens (tertiary/aromatic N) is 3. The maximum Gasteiger partial charge on any atom is 0.310 e. The molecule has 0 atom stereocenters. The average Bonchev–Trinajstić information content (AvgIpc) is 2.46. The Morgan fingerprint density at radius 1 is 1.35 bits per heavy atom. The SMILES string of the molecule is COc1ccccc1Cc1cncc(N2CC(C(=O)O)C2)n1.Cl. The number of carboxylic acids is 1. The van der Waals surface area contributed by atoms with Gasteiger partial charge in [0.15, 0.2) is 0 Å². The van der Waals surface area contributed by atoms with E-state index >= 15 is 0 Å². The Balaban J connectivity index is 0.00000192. The van der Waals surface area contributed by atoms with Crippen LogP contribution in [0.25, 0.3) is 0 Å². The lowest BCUT2D eigenvalue weighted by atomic mass is 10.0. The Hall–Kier alpha value is -2.34. The molecule has 122 valence electrons. The number of hydrogen-bond donors (Lipinski definition) is 1. The maximum absolute atomic E-state index is 10.9. The molecule has 0 unspecified atom stereocenters. The number of benzene rings is 1. The zero-order valence-electron chi connectivity index (χ0n) is 12.7.